The first-order chi connectivity index (χ1) is 12.5. The van der Waals surface area contributed by atoms with E-state index >= 15 is 0 Å². The monoisotopic (exact) mass is 356 g/mol. The van der Waals surface area contributed by atoms with E-state index in [-0.39, 0.29) is 11.3 Å². The molecule has 4 fully saturated rings. The van der Waals surface area contributed by atoms with Gasteiger partial charge in [-0.15, -0.1) is 0 Å². The number of aliphatic hydroxyl groups excluding tert-OH is 1. The second-order valence-corrected chi connectivity index (χ2v) is 9.28. The number of nitrogens with zero attached hydrogens (tertiary/aromatic N) is 1. The molecule has 140 valence electrons. The molecule has 1 amide bonds. The summed E-state index contributed by atoms with van der Waals surface area (Å²) < 4.78 is 0. The predicted octanol–water partition coefficient (Wildman–Crippen LogP) is 1.92. The maximum Gasteiger partial charge on any atom is 0.241 e. The Hall–Kier alpha value is -1.43. The largest absolute Gasteiger partial charge is 0.366 e. The van der Waals surface area contributed by atoms with E-state index in [1.807, 2.05) is 24.3 Å². The molecule has 26 heavy (non-hydrogen) atoms. The van der Waals surface area contributed by atoms with Gasteiger partial charge in [0.2, 0.25) is 5.91 Å². The van der Waals surface area contributed by atoms with Crippen molar-refractivity contribution in [2.75, 3.05) is 0 Å². The van der Waals surface area contributed by atoms with Crippen molar-refractivity contribution in [3.8, 4) is 0 Å². The average molecular weight is 356 g/mol. The molecule has 4 aliphatic carbocycles. The molecule has 4 saturated carbocycles. The standard InChI is InChI=1S/C21H28N2O3/c22-18(21-8-12-5-13(9-21)7-14(6-12)10-21)19(24)23-11-15-3-1-2-4-16(15)17(23)20(25)26/h1-4,12-14,17-18,20,25-26H,5-11,22H2/t12?,13?,14?,17-,18+,21?/m0/s1. The van der Waals surface area contributed by atoms with Gasteiger partial charge in [0, 0.05) is 6.54 Å². The molecule has 2 atom stereocenters. The van der Waals surface area contributed by atoms with Crippen molar-refractivity contribution in [2.24, 2.45) is 28.9 Å². The van der Waals surface area contributed by atoms with Crippen molar-refractivity contribution in [3.05, 3.63) is 35.4 Å². The molecular weight excluding hydrogens is 328 g/mol. The summed E-state index contributed by atoms with van der Waals surface area (Å²) >= 11 is 0. The Balaban J connectivity index is 1.43. The van der Waals surface area contributed by atoms with Gasteiger partial charge in [-0.25, -0.2) is 0 Å². The van der Waals surface area contributed by atoms with Crippen molar-refractivity contribution >= 4 is 5.91 Å². The average Bonchev–Trinajstić information content (AvgIpc) is 2.99. The number of amides is 1. The number of carbonyl (C=O) groups excluding carboxylic acids is 1. The highest BCUT2D eigenvalue weighted by Gasteiger charge is 2.56. The molecule has 1 aromatic carbocycles. The van der Waals surface area contributed by atoms with Crippen LogP contribution in [0.1, 0.15) is 55.7 Å². The topological polar surface area (TPSA) is 86.8 Å². The quantitative estimate of drug-likeness (QED) is 0.722. The molecule has 1 aromatic rings. The van der Waals surface area contributed by atoms with E-state index in [9.17, 15) is 15.0 Å². The van der Waals surface area contributed by atoms with Crippen molar-refractivity contribution in [1.29, 1.82) is 0 Å². The smallest absolute Gasteiger partial charge is 0.241 e. The number of fused-ring (bicyclic) bond motifs is 1. The highest BCUT2D eigenvalue weighted by molar-refractivity contribution is 5.84. The first kappa shape index (κ1) is 16.7. The number of hydrogen-bond donors (Lipinski definition) is 3. The SMILES string of the molecule is N[C@H](C(=O)N1Cc2ccccc2[C@H]1C(O)O)C12CC3CC(CC(C3)C1)C2. The first-order valence-electron chi connectivity index (χ1n) is 9.97. The van der Waals surface area contributed by atoms with Crippen LogP contribution in [-0.4, -0.2) is 33.4 Å². The molecule has 1 heterocycles. The summed E-state index contributed by atoms with van der Waals surface area (Å²) in [4.78, 5) is 15.0. The van der Waals surface area contributed by atoms with Gasteiger partial charge in [-0.3, -0.25) is 4.79 Å². The Morgan fingerprint density at radius 1 is 1.08 bits per heavy atom. The fraction of sp³-hybridized carbons (Fsp3) is 0.667. The number of rotatable bonds is 3. The molecule has 0 unspecified atom stereocenters. The molecule has 5 aliphatic rings. The van der Waals surface area contributed by atoms with Gasteiger partial charge in [0.15, 0.2) is 6.29 Å². The van der Waals surface area contributed by atoms with E-state index < -0.39 is 18.4 Å². The van der Waals surface area contributed by atoms with Crippen molar-refractivity contribution in [1.82, 2.24) is 4.90 Å². The van der Waals surface area contributed by atoms with Crippen LogP contribution in [0.2, 0.25) is 0 Å². The molecule has 0 saturated heterocycles. The summed E-state index contributed by atoms with van der Waals surface area (Å²) in [5.41, 5.74) is 8.37. The molecule has 6 rings (SSSR count). The number of nitrogens with two attached hydrogens (primary N) is 1. The zero-order chi connectivity index (χ0) is 18.1. The summed E-state index contributed by atoms with van der Waals surface area (Å²) in [5, 5.41) is 19.9. The second kappa shape index (κ2) is 5.78. The van der Waals surface area contributed by atoms with Gasteiger partial charge in [0.25, 0.3) is 0 Å². The van der Waals surface area contributed by atoms with Gasteiger partial charge < -0.3 is 20.8 Å². The van der Waals surface area contributed by atoms with E-state index in [1.165, 1.54) is 19.3 Å². The van der Waals surface area contributed by atoms with Crippen LogP contribution < -0.4 is 5.73 Å². The Kier molecular flexibility index (Phi) is 3.72. The van der Waals surface area contributed by atoms with Gasteiger partial charge in [-0.1, -0.05) is 24.3 Å². The van der Waals surface area contributed by atoms with E-state index in [0.717, 1.165) is 48.1 Å². The normalized spacial score (nSPS) is 38.7. The van der Waals surface area contributed by atoms with Gasteiger partial charge in [-0.05, 0) is 72.8 Å². The number of carbonyl (C=O) groups is 1. The Bertz CT molecular complexity index is 696. The number of hydrogen-bond acceptors (Lipinski definition) is 4. The minimum atomic E-state index is -1.59. The van der Waals surface area contributed by atoms with Gasteiger partial charge in [0.1, 0.15) is 6.04 Å². The Morgan fingerprint density at radius 2 is 1.65 bits per heavy atom. The van der Waals surface area contributed by atoms with Crippen LogP contribution in [0.5, 0.6) is 0 Å². The number of benzene rings is 1. The molecule has 5 heteroatoms. The zero-order valence-electron chi connectivity index (χ0n) is 15.1. The fourth-order valence-electron chi connectivity index (χ4n) is 6.95. The highest BCUT2D eigenvalue weighted by atomic mass is 16.5. The maximum atomic E-state index is 13.4. The predicted molar refractivity (Wildman–Crippen MR) is 96.5 cm³/mol. The maximum absolute atomic E-state index is 13.4. The lowest BCUT2D eigenvalue weighted by Crippen LogP contribution is -2.60. The molecule has 4 N–H and O–H groups in total. The molecule has 5 nitrogen and oxygen atoms in total. The van der Waals surface area contributed by atoms with Crippen LogP contribution in [0.3, 0.4) is 0 Å². The third-order valence-electron chi connectivity index (χ3n) is 7.63. The fourth-order valence-corrected chi connectivity index (χ4v) is 6.95. The summed E-state index contributed by atoms with van der Waals surface area (Å²) in [6, 6.07) is 6.38. The van der Waals surface area contributed by atoms with Crippen LogP contribution in [-0.2, 0) is 11.3 Å². The Labute approximate surface area is 154 Å². The van der Waals surface area contributed by atoms with Gasteiger partial charge >= 0.3 is 0 Å². The van der Waals surface area contributed by atoms with Crippen molar-refractivity contribution in [3.63, 3.8) is 0 Å². The molecular formula is C21H28N2O3. The van der Waals surface area contributed by atoms with Gasteiger partial charge in [-0.2, -0.15) is 0 Å². The van der Waals surface area contributed by atoms with E-state index in [2.05, 4.69) is 0 Å². The lowest BCUT2D eigenvalue weighted by Gasteiger charge is -2.58. The lowest BCUT2D eigenvalue weighted by molar-refractivity contribution is -0.157. The molecule has 0 spiro atoms. The van der Waals surface area contributed by atoms with Crippen LogP contribution >= 0.6 is 0 Å². The Morgan fingerprint density at radius 3 is 2.23 bits per heavy atom. The summed E-state index contributed by atoms with van der Waals surface area (Å²) in [5.74, 6) is 2.08. The molecule has 0 aromatic heterocycles. The second-order valence-electron chi connectivity index (χ2n) is 9.28. The minimum absolute atomic E-state index is 0.0778. The highest BCUT2D eigenvalue weighted by Crippen LogP contribution is 2.61. The van der Waals surface area contributed by atoms with Crippen LogP contribution in [0.15, 0.2) is 24.3 Å². The van der Waals surface area contributed by atoms with Crippen molar-refractivity contribution in [2.45, 2.75) is 63.4 Å². The van der Waals surface area contributed by atoms with Gasteiger partial charge in [0.05, 0.1) is 6.04 Å². The minimum Gasteiger partial charge on any atom is -0.366 e. The summed E-state index contributed by atoms with van der Waals surface area (Å²) in [6.07, 6.45) is 5.55. The van der Waals surface area contributed by atoms with E-state index in [4.69, 9.17) is 5.73 Å². The third kappa shape index (κ3) is 2.37. The molecule has 4 bridgehead atoms. The van der Waals surface area contributed by atoms with E-state index in [0.29, 0.717) is 6.54 Å². The van der Waals surface area contributed by atoms with Crippen molar-refractivity contribution < 1.29 is 15.0 Å². The summed E-state index contributed by atoms with van der Waals surface area (Å²) in [6.45, 7) is 0.414. The lowest BCUT2D eigenvalue weighted by atomic mass is 9.47. The third-order valence-corrected chi connectivity index (χ3v) is 7.63. The molecule has 1 aliphatic heterocycles. The molecule has 0 radical (unpaired) electrons. The summed E-state index contributed by atoms with van der Waals surface area (Å²) in [7, 11) is 0. The van der Waals surface area contributed by atoms with Crippen LogP contribution in [0.25, 0.3) is 0 Å². The zero-order valence-corrected chi connectivity index (χ0v) is 15.1. The number of aliphatic hydroxyl groups is 2. The van der Waals surface area contributed by atoms with Crippen LogP contribution in [0.4, 0.5) is 0 Å². The first-order valence-corrected chi connectivity index (χ1v) is 9.97. The van der Waals surface area contributed by atoms with E-state index in [1.54, 1.807) is 4.90 Å². The van der Waals surface area contributed by atoms with Crippen LogP contribution in [0, 0.1) is 23.2 Å².